The molecule has 0 atom stereocenters. The van der Waals surface area contributed by atoms with E-state index in [0.29, 0.717) is 17.5 Å². The van der Waals surface area contributed by atoms with Crippen LogP contribution >= 0.6 is 0 Å². The van der Waals surface area contributed by atoms with Crippen molar-refractivity contribution in [1.29, 1.82) is 0 Å². The van der Waals surface area contributed by atoms with Gasteiger partial charge in [0.15, 0.2) is 17.5 Å². The lowest BCUT2D eigenvalue weighted by molar-refractivity contribution is 0.669. The fraction of sp³-hybridized carbons (Fsp3) is 0. The fourth-order valence-electron chi connectivity index (χ4n) is 6.34. The lowest BCUT2D eigenvalue weighted by atomic mass is 9.99. The number of pyridine rings is 1. The van der Waals surface area contributed by atoms with E-state index in [-0.39, 0.29) is 0 Å². The third-order valence-electron chi connectivity index (χ3n) is 8.83. The molecule has 0 aliphatic rings. The Balaban J connectivity index is 1.17. The Hall–Kier alpha value is -6.72. The Morgan fingerprint density at radius 2 is 0.918 bits per heavy atom. The number of benzene rings is 6. The zero-order valence-electron chi connectivity index (χ0n) is 26.4. The first-order valence-corrected chi connectivity index (χ1v) is 16.2. The molecule has 0 saturated heterocycles. The number of furan rings is 1. The Bertz CT molecular complexity index is 2560. The van der Waals surface area contributed by atoms with Crippen LogP contribution < -0.4 is 0 Å². The van der Waals surface area contributed by atoms with Crippen LogP contribution in [-0.2, 0) is 0 Å². The van der Waals surface area contributed by atoms with Gasteiger partial charge in [-0.25, -0.2) is 15.0 Å². The van der Waals surface area contributed by atoms with Crippen LogP contribution in [0.3, 0.4) is 0 Å². The second-order valence-electron chi connectivity index (χ2n) is 11.9. The topological polar surface area (TPSA) is 64.7 Å². The molecule has 0 radical (unpaired) electrons. The summed E-state index contributed by atoms with van der Waals surface area (Å²) < 4.78 is 6.39. The molecule has 49 heavy (non-hydrogen) atoms. The molecule has 3 heterocycles. The number of aromatic nitrogens is 4. The molecular weight excluding hydrogens is 601 g/mol. The molecule has 6 aromatic carbocycles. The third-order valence-corrected chi connectivity index (χ3v) is 8.83. The van der Waals surface area contributed by atoms with Crippen LogP contribution in [0.4, 0.5) is 0 Å². The highest BCUT2D eigenvalue weighted by molar-refractivity contribution is 6.12. The molecule has 3 aromatic heterocycles. The lowest BCUT2D eigenvalue weighted by Gasteiger charge is -2.10. The van der Waals surface area contributed by atoms with Crippen LogP contribution in [0.1, 0.15) is 0 Å². The van der Waals surface area contributed by atoms with E-state index in [1.807, 2.05) is 79.0 Å². The van der Waals surface area contributed by atoms with Crippen molar-refractivity contribution in [2.24, 2.45) is 0 Å². The maximum Gasteiger partial charge on any atom is 0.164 e. The number of nitrogens with zero attached hydrogens (tertiary/aromatic N) is 4. The van der Waals surface area contributed by atoms with E-state index < -0.39 is 0 Å². The van der Waals surface area contributed by atoms with Gasteiger partial charge in [0.1, 0.15) is 11.2 Å². The van der Waals surface area contributed by atoms with Crippen LogP contribution in [0.2, 0.25) is 0 Å². The molecule has 9 aromatic rings. The predicted octanol–water partition coefficient (Wildman–Crippen LogP) is 11.2. The summed E-state index contributed by atoms with van der Waals surface area (Å²) in [5, 5.41) is 1.98. The standard InChI is InChI=1S/C44H28N4O/c1-3-10-29(11-4-1)30-19-23-34(24-20-30)43-46-42(33-12-5-2-6-13-33)47-44(48-43)36-14-9-16-40-41(36)37-28-35(25-26-39(37)49-40)31-17-21-32(22-18-31)38-15-7-8-27-45-38/h1-28H. The van der Waals surface area contributed by atoms with Gasteiger partial charge in [0.05, 0.1) is 5.69 Å². The summed E-state index contributed by atoms with van der Waals surface area (Å²) in [5.41, 5.74) is 10.9. The molecule has 0 saturated carbocycles. The Morgan fingerprint density at radius 1 is 0.367 bits per heavy atom. The molecule has 0 fully saturated rings. The van der Waals surface area contributed by atoms with Crippen LogP contribution in [-0.4, -0.2) is 19.9 Å². The van der Waals surface area contributed by atoms with Gasteiger partial charge in [0.25, 0.3) is 0 Å². The number of fused-ring (bicyclic) bond motifs is 3. The molecule has 0 spiro atoms. The van der Waals surface area contributed by atoms with Crippen LogP contribution in [0.15, 0.2) is 174 Å². The van der Waals surface area contributed by atoms with Gasteiger partial charge in [-0.3, -0.25) is 4.98 Å². The zero-order valence-corrected chi connectivity index (χ0v) is 26.4. The SMILES string of the molecule is c1ccc(-c2ccc(-c3nc(-c4ccccc4)nc(-c4cccc5oc6ccc(-c7ccc(-c8ccccn8)cc7)cc6c45)n3)cc2)cc1. The predicted molar refractivity (Wildman–Crippen MR) is 198 cm³/mol. The molecule has 5 heteroatoms. The van der Waals surface area contributed by atoms with Crippen molar-refractivity contribution in [2.75, 3.05) is 0 Å². The van der Waals surface area contributed by atoms with Gasteiger partial charge in [0, 0.05) is 39.2 Å². The van der Waals surface area contributed by atoms with Gasteiger partial charge in [-0.05, 0) is 52.6 Å². The van der Waals surface area contributed by atoms with E-state index in [1.165, 1.54) is 0 Å². The monoisotopic (exact) mass is 628 g/mol. The molecule has 9 rings (SSSR count). The highest BCUT2D eigenvalue weighted by Crippen LogP contribution is 2.38. The van der Waals surface area contributed by atoms with Gasteiger partial charge in [-0.2, -0.15) is 0 Å². The minimum absolute atomic E-state index is 0.592. The van der Waals surface area contributed by atoms with Gasteiger partial charge in [-0.1, -0.05) is 133 Å². The summed E-state index contributed by atoms with van der Waals surface area (Å²) in [4.78, 5) is 19.6. The zero-order chi connectivity index (χ0) is 32.6. The summed E-state index contributed by atoms with van der Waals surface area (Å²) in [7, 11) is 0. The summed E-state index contributed by atoms with van der Waals surface area (Å²) >= 11 is 0. The minimum Gasteiger partial charge on any atom is -0.456 e. The molecule has 0 N–H and O–H groups in total. The Labute approximate surface area is 283 Å². The molecule has 0 bridgehead atoms. The van der Waals surface area contributed by atoms with E-state index >= 15 is 0 Å². The normalized spacial score (nSPS) is 11.3. The van der Waals surface area contributed by atoms with E-state index in [2.05, 4.69) is 96.0 Å². The van der Waals surface area contributed by atoms with Crippen molar-refractivity contribution in [3.05, 3.63) is 170 Å². The van der Waals surface area contributed by atoms with Gasteiger partial charge < -0.3 is 4.42 Å². The highest BCUT2D eigenvalue weighted by atomic mass is 16.3. The quantitative estimate of drug-likeness (QED) is 0.183. The molecular formula is C44H28N4O. The van der Waals surface area contributed by atoms with E-state index in [1.54, 1.807) is 0 Å². The van der Waals surface area contributed by atoms with Crippen molar-refractivity contribution in [3.63, 3.8) is 0 Å². The average molecular weight is 629 g/mol. The molecule has 0 unspecified atom stereocenters. The maximum absolute atomic E-state index is 6.39. The smallest absolute Gasteiger partial charge is 0.164 e. The van der Waals surface area contributed by atoms with Crippen LogP contribution in [0.25, 0.3) is 89.6 Å². The van der Waals surface area contributed by atoms with Gasteiger partial charge >= 0.3 is 0 Å². The van der Waals surface area contributed by atoms with Crippen molar-refractivity contribution < 1.29 is 4.42 Å². The van der Waals surface area contributed by atoms with Crippen LogP contribution in [0, 0.1) is 0 Å². The van der Waals surface area contributed by atoms with Gasteiger partial charge in [0.2, 0.25) is 0 Å². The Morgan fingerprint density at radius 3 is 1.61 bits per heavy atom. The third kappa shape index (κ3) is 5.43. The summed E-state index contributed by atoms with van der Waals surface area (Å²) in [6.45, 7) is 0. The summed E-state index contributed by atoms with van der Waals surface area (Å²) in [6, 6.07) is 55.7. The van der Waals surface area contributed by atoms with Crippen molar-refractivity contribution >= 4 is 21.9 Å². The minimum atomic E-state index is 0.592. The highest BCUT2D eigenvalue weighted by Gasteiger charge is 2.18. The molecule has 0 aliphatic carbocycles. The van der Waals surface area contributed by atoms with Crippen molar-refractivity contribution in [3.8, 4) is 67.7 Å². The van der Waals surface area contributed by atoms with Crippen LogP contribution in [0.5, 0.6) is 0 Å². The molecule has 0 aliphatic heterocycles. The van der Waals surface area contributed by atoms with Crippen molar-refractivity contribution in [2.45, 2.75) is 0 Å². The summed E-state index contributed by atoms with van der Waals surface area (Å²) in [6.07, 6.45) is 1.82. The first-order chi connectivity index (χ1) is 24.3. The maximum atomic E-state index is 6.39. The van der Waals surface area contributed by atoms with Gasteiger partial charge in [-0.15, -0.1) is 0 Å². The second-order valence-corrected chi connectivity index (χ2v) is 11.9. The fourth-order valence-corrected chi connectivity index (χ4v) is 6.34. The van der Waals surface area contributed by atoms with E-state index in [0.717, 1.165) is 72.1 Å². The molecule has 0 amide bonds. The number of hydrogen-bond donors (Lipinski definition) is 0. The van der Waals surface area contributed by atoms with Crippen molar-refractivity contribution in [1.82, 2.24) is 19.9 Å². The lowest BCUT2D eigenvalue weighted by Crippen LogP contribution is -2.00. The second kappa shape index (κ2) is 12.1. The number of hydrogen-bond acceptors (Lipinski definition) is 5. The first-order valence-electron chi connectivity index (χ1n) is 16.2. The summed E-state index contributed by atoms with van der Waals surface area (Å²) in [5.74, 6) is 1.82. The average Bonchev–Trinajstić information content (AvgIpc) is 3.57. The van der Waals surface area contributed by atoms with E-state index in [4.69, 9.17) is 19.4 Å². The number of rotatable bonds is 6. The molecule has 5 nitrogen and oxygen atoms in total. The first kappa shape index (κ1) is 28.5. The molecule has 230 valence electrons. The Kier molecular flexibility index (Phi) is 7.06. The van der Waals surface area contributed by atoms with E-state index in [9.17, 15) is 0 Å². The largest absolute Gasteiger partial charge is 0.456 e.